The number of carbonyl (C=O) groups excluding carboxylic acids is 3. The van der Waals surface area contributed by atoms with Gasteiger partial charge in [-0.15, -0.1) is 11.3 Å². The van der Waals surface area contributed by atoms with Crippen molar-refractivity contribution in [3.05, 3.63) is 41.2 Å². The van der Waals surface area contributed by atoms with Crippen LogP contribution in [0.25, 0.3) is 0 Å². The minimum atomic E-state index is -1.82. The highest BCUT2D eigenvalue weighted by Gasteiger charge is 2.42. The number of halogens is 1. The van der Waals surface area contributed by atoms with Crippen LogP contribution in [-0.4, -0.2) is 44.3 Å². The number of hydrogen-bond acceptors (Lipinski definition) is 8. The molecule has 0 aliphatic heterocycles. The number of aromatic nitrogens is 1. The summed E-state index contributed by atoms with van der Waals surface area (Å²) in [6, 6.07) is 1.01. The Hall–Kier alpha value is -3.21. The Morgan fingerprint density at radius 3 is 2.12 bits per heavy atom. The van der Waals surface area contributed by atoms with E-state index in [0.29, 0.717) is 4.90 Å². The highest BCUT2D eigenvalue weighted by Crippen LogP contribution is 2.33. The van der Waals surface area contributed by atoms with Gasteiger partial charge in [-0.2, -0.15) is 4.90 Å². The molecule has 11 heteroatoms. The average Bonchev–Trinajstić information content (AvgIpc) is 3.11. The number of hydrogen-bond donors (Lipinski definition) is 2. The predicted molar refractivity (Wildman–Crippen MR) is 116 cm³/mol. The monoisotopic (exact) mass is 467 g/mol. The number of nitrogens with one attached hydrogen (secondary N) is 1. The van der Waals surface area contributed by atoms with Crippen molar-refractivity contribution in [2.45, 2.75) is 58.8 Å². The fraction of sp³-hybridized carbons (Fsp3) is 0.429. The number of anilines is 1. The molecule has 1 aromatic heterocycles. The van der Waals surface area contributed by atoms with Gasteiger partial charge in [0.2, 0.25) is 0 Å². The summed E-state index contributed by atoms with van der Waals surface area (Å²) in [6.07, 6.45) is -0.988. The predicted octanol–water partition coefficient (Wildman–Crippen LogP) is 4.84. The molecule has 0 radical (unpaired) electrons. The van der Waals surface area contributed by atoms with Gasteiger partial charge in [-0.25, -0.2) is 19.0 Å². The third-order valence-corrected chi connectivity index (χ3v) is 4.32. The van der Waals surface area contributed by atoms with E-state index in [2.05, 4.69) is 10.3 Å². The summed E-state index contributed by atoms with van der Waals surface area (Å²) in [5, 5.41) is 14.6. The van der Waals surface area contributed by atoms with E-state index in [-0.39, 0.29) is 10.7 Å². The minimum absolute atomic E-state index is 0.171. The minimum Gasteiger partial charge on any atom is -0.508 e. The number of thiazole rings is 1. The van der Waals surface area contributed by atoms with Gasteiger partial charge in [-0.3, -0.25) is 10.1 Å². The summed E-state index contributed by atoms with van der Waals surface area (Å²) in [5.74, 6) is -2.24. The summed E-state index contributed by atoms with van der Waals surface area (Å²) < 4.78 is 24.7. The molecule has 2 N–H and O–H groups in total. The fourth-order valence-corrected chi connectivity index (χ4v) is 3.04. The van der Waals surface area contributed by atoms with Crippen LogP contribution >= 0.6 is 11.3 Å². The van der Waals surface area contributed by atoms with Crippen molar-refractivity contribution in [3.8, 4) is 5.75 Å². The van der Waals surface area contributed by atoms with Gasteiger partial charge in [0.25, 0.3) is 5.91 Å². The third-order valence-electron chi connectivity index (χ3n) is 3.63. The molecule has 0 spiro atoms. The smallest absolute Gasteiger partial charge is 0.420 e. The highest BCUT2D eigenvalue weighted by atomic mass is 32.1. The van der Waals surface area contributed by atoms with Crippen LogP contribution in [0.2, 0.25) is 0 Å². The van der Waals surface area contributed by atoms with Crippen LogP contribution in [0.1, 0.15) is 53.1 Å². The first-order chi connectivity index (χ1) is 14.7. The number of rotatable bonds is 4. The van der Waals surface area contributed by atoms with Gasteiger partial charge in [0, 0.05) is 17.1 Å². The second-order valence-corrected chi connectivity index (χ2v) is 9.66. The Bertz CT molecular complexity index is 954. The van der Waals surface area contributed by atoms with E-state index in [1.807, 2.05) is 0 Å². The lowest BCUT2D eigenvalue weighted by Gasteiger charge is -2.33. The SMILES string of the molecule is CC(C)(C)OC(=O)N(C(=O)OC(C)(C)C)C(C(=O)Nc1nccs1)c1cc(F)ccc1O. The largest absolute Gasteiger partial charge is 0.508 e. The zero-order valence-electron chi connectivity index (χ0n) is 18.6. The van der Waals surface area contributed by atoms with Crippen LogP contribution in [0.3, 0.4) is 0 Å². The summed E-state index contributed by atoms with van der Waals surface area (Å²) in [6.45, 7) is 9.43. The standard InChI is InChI=1S/C21H26FN3O6S/c1-20(2,3)30-18(28)25(19(29)31-21(4,5)6)15(13-11-12(22)7-8-14(13)26)16(27)24-17-23-9-10-32-17/h7-11,15,26H,1-6H3,(H,23,24,27). The number of phenols is 1. The Morgan fingerprint density at radius 2 is 1.66 bits per heavy atom. The fourth-order valence-electron chi connectivity index (χ4n) is 2.51. The van der Waals surface area contributed by atoms with Gasteiger partial charge in [0.15, 0.2) is 11.2 Å². The van der Waals surface area contributed by atoms with Crippen molar-refractivity contribution < 1.29 is 33.4 Å². The number of amides is 3. The van der Waals surface area contributed by atoms with Gasteiger partial charge in [-0.05, 0) is 59.7 Å². The maximum atomic E-state index is 14.1. The number of imide groups is 1. The number of benzene rings is 1. The van der Waals surface area contributed by atoms with Crippen molar-refractivity contribution in [1.82, 2.24) is 9.88 Å². The van der Waals surface area contributed by atoms with Crippen LogP contribution in [0.15, 0.2) is 29.8 Å². The molecule has 1 unspecified atom stereocenters. The Morgan fingerprint density at radius 1 is 1.09 bits per heavy atom. The number of nitrogens with zero attached hydrogens (tertiary/aromatic N) is 2. The van der Waals surface area contributed by atoms with E-state index in [0.717, 1.165) is 29.5 Å². The zero-order chi connectivity index (χ0) is 24.3. The molecule has 0 saturated carbocycles. The number of ether oxygens (including phenoxy) is 2. The van der Waals surface area contributed by atoms with E-state index >= 15 is 0 Å². The molecule has 0 aliphatic carbocycles. The van der Waals surface area contributed by atoms with E-state index < -0.39 is 46.9 Å². The lowest BCUT2D eigenvalue weighted by molar-refractivity contribution is -0.121. The molecule has 0 saturated heterocycles. The summed E-state index contributed by atoms with van der Waals surface area (Å²) in [5.41, 5.74) is -2.40. The molecular formula is C21H26FN3O6S. The van der Waals surface area contributed by atoms with Crippen molar-refractivity contribution in [2.75, 3.05) is 5.32 Å². The molecule has 2 aromatic rings. The van der Waals surface area contributed by atoms with E-state index in [1.165, 1.54) is 6.20 Å². The molecule has 0 bridgehead atoms. The highest BCUT2D eigenvalue weighted by molar-refractivity contribution is 7.13. The van der Waals surface area contributed by atoms with E-state index in [4.69, 9.17) is 9.47 Å². The van der Waals surface area contributed by atoms with Crippen molar-refractivity contribution in [3.63, 3.8) is 0 Å². The molecule has 32 heavy (non-hydrogen) atoms. The van der Waals surface area contributed by atoms with Gasteiger partial charge >= 0.3 is 12.2 Å². The Balaban J connectivity index is 2.63. The number of carbonyl (C=O) groups is 3. The van der Waals surface area contributed by atoms with Crippen LogP contribution in [-0.2, 0) is 14.3 Å². The second kappa shape index (κ2) is 9.51. The summed E-state index contributed by atoms with van der Waals surface area (Å²) >= 11 is 1.09. The summed E-state index contributed by atoms with van der Waals surface area (Å²) in [7, 11) is 0. The van der Waals surface area contributed by atoms with Crippen LogP contribution in [0, 0.1) is 5.82 Å². The third kappa shape index (κ3) is 6.91. The van der Waals surface area contributed by atoms with Crippen LogP contribution in [0.4, 0.5) is 19.1 Å². The zero-order valence-corrected chi connectivity index (χ0v) is 19.4. The lowest BCUT2D eigenvalue weighted by atomic mass is 10.0. The number of phenolic OH excluding ortho intramolecular Hbond substituents is 1. The maximum absolute atomic E-state index is 14.1. The van der Waals surface area contributed by atoms with Crippen LogP contribution in [0.5, 0.6) is 5.75 Å². The van der Waals surface area contributed by atoms with Crippen molar-refractivity contribution in [2.24, 2.45) is 0 Å². The normalized spacial score (nSPS) is 12.6. The summed E-state index contributed by atoms with van der Waals surface area (Å²) in [4.78, 5) is 43.6. The Labute approximate surface area is 189 Å². The molecular weight excluding hydrogens is 441 g/mol. The first-order valence-electron chi connectivity index (χ1n) is 9.62. The average molecular weight is 468 g/mol. The molecule has 0 fully saturated rings. The quantitative estimate of drug-likeness (QED) is 0.660. The molecule has 3 amide bonds. The van der Waals surface area contributed by atoms with Gasteiger partial charge in [0.1, 0.15) is 22.8 Å². The van der Waals surface area contributed by atoms with E-state index in [1.54, 1.807) is 46.9 Å². The molecule has 2 rings (SSSR count). The molecule has 1 atom stereocenters. The molecule has 0 aliphatic rings. The Kier molecular flexibility index (Phi) is 7.45. The first-order valence-corrected chi connectivity index (χ1v) is 10.5. The van der Waals surface area contributed by atoms with Crippen molar-refractivity contribution in [1.29, 1.82) is 0 Å². The lowest BCUT2D eigenvalue weighted by Crippen LogP contribution is -2.48. The molecule has 174 valence electrons. The van der Waals surface area contributed by atoms with E-state index in [9.17, 15) is 23.9 Å². The second-order valence-electron chi connectivity index (χ2n) is 8.76. The molecule has 9 nitrogen and oxygen atoms in total. The maximum Gasteiger partial charge on any atom is 0.420 e. The number of aromatic hydroxyl groups is 1. The molecule has 1 heterocycles. The van der Waals surface area contributed by atoms with Gasteiger partial charge < -0.3 is 14.6 Å². The first kappa shape index (κ1) is 25.1. The molecule has 1 aromatic carbocycles. The van der Waals surface area contributed by atoms with Gasteiger partial charge in [-0.1, -0.05) is 0 Å². The van der Waals surface area contributed by atoms with Gasteiger partial charge in [0.05, 0.1) is 0 Å². The van der Waals surface area contributed by atoms with Crippen molar-refractivity contribution >= 4 is 34.6 Å². The van der Waals surface area contributed by atoms with Crippen LogP contribution < -0.4 is 5.32 Å². The topological polar surface area (TPSA) is 118 Å².